The van der Waals surface area contributed by atoms with E-state index in [-0.39, 0.29) is 5.91 Å². The molecule has 0 unspecified atom stereocenters. The zero-order valence-corrected chi connectivity index (χ0v) is 12.6. The van der Waals surface area contributed by atoms with Gasteiger partial charge in [-0.3, -0.25) is 4.79 Å². The average molecular weight is 292 g/mol. The lowest BCUT2D eigenvalue weighted by atomic mass is 10.1. The van der Waals surface area contributed by atoms with Crippen molar-refractivity contribution in [3.63, 3.8) is 0 Å². The fraction of sp³-hybridized carbons (Fsp3) is 0.562. The fourth-order valence-corrected chi connectivity index (χ4v) is 2.32. The smallest absolute Gasteiger partial charge is 0.224 e. The number of morpholine rings is 1. The molecule has 0 atom stereocenters. The molecule has 1 fully saturated rings. The summed E-state index contributed by atoms with van der Waals surface area (Å²) >= 11 is 0. The van der Waals surface area contributed by atoms with E-state index in [9.17, 15) is 4.79 Å². The van der Waals surface area contributed by atoms with E-state index in [1.807, 2.05) is 4.90 Å². The van der Waals surface area contributed by atoms with Crippen molar-refractivity contribution in [2.45, 2.75) is 19.6 Å². The third kappa shape index (κ3) is 5.46. The summed E-state index contributed by atoms with van der Waals surface area (Å²) in [5.41, 5.74) is 2.39. The number of carbonyl (C=O) groups excluding carboxylic acids is 1. The molecule has 116 valence electrons. The van der Waals surface area contributed by atoms with Gasteiger partial charge in [0, 0.05) is 39.7 Å². The molecule has 21 heavy (non-hydrogen) atoms. The summed E-state index contributed by atoms with van der Waals surface area (Å²) in [5, 5.41) is 3.31. The maximum atomic E-state index is 11.9. The molecule has 0 aliphatic carbocycles. The van der Waals surface area contributed by atoms with E-state index < -0.39 is 0 Å². The molecule has 1 saturated heterocycles. The number of hydrogen-bond acceptors (Lipinski definition) is 4. The van der Waals surface area contributed by atoms with Crippen molar-refractivity contribution >= 4 is 5.91 Å². The van der Waals surface area contributed by atoms with Crippen LogP contribution in [0.2, 0.25) is 0 Å². The predicted molar refractivity (Wildman–Crippen MR) is 80.9 cm³/mol. The van der Waals surface area contributed by atoms with Crippen LogP contribution in [0.25, 0.3) is 0 Å². The highest BCUT2D eigenvalue weighted by Crippen LogP contribution is 2.05. The zero-order valence-electron chi connectivity index (χ0n) is 12.6. The van der Waals surface area contributed by atoms with Crippen molar-refractivity contribution in [3.8, 4) is 0 Å². The molecule has 0 bridgehead atoms. The molecule has 2 rings (SSSR count). The molecule has 0 radical (unpaired) electrons. The SMILES string of the molecule is COCc1ccc(CNCCC(=O)N2CCOCC2)cc1. The van der Waals surface area contributed by atoms with Crippen LogP contribution in [0.1, 0.15) is 17.5 Å². The summed E-state index contributed by atoms with van der Waals surface area (Å²) in [7, 11) is 1.70. The van der Waals surface area contributed by atoms with Gasteiger partial charge in [-0.25, -0.2) is 0 Å². The Labute approximate surface area is 126 Å². The van der Waals surface area contributed by atoms with Gasteiger partial charge in [0.25, 0.3) is 0 Å². The Kier molecular flexibility index (Phi) is 6.66. The summed E-state index contributed by atoms with van der Waals surface area (Å²) in [5.74, 6) is 0.209. The molecule has 0 spiro atoms. The topological polar surface area (TPSA) is 50.8 Å². The minimum atomic E-state index is 0.209. The van der Waals surface area contributed by atoms with E-state index in [1.54, 1.807) is 7.11 Å². The second-order valence-corrected chi connectivity index (χ2v) is 5.17. The number of amides is 1. The lowest BCUT2D eigenvalue weighted by molar-refractivity contribution is -0.135. The van der Waals surface area contributed by atoms with Crippen LogP contribution in [-0.4, -0.2) is 50.8 Å². The third-order valence-electron chi connectivity index (χ3n) is 3.54. The molecule has 0 aromatic heterocycles. The van der Waals surface area contributed by atoms with Crippen LogP contribution in [0.3, 0.4) is 0 Å². The summed E-state index contributed by atoms with van der Waals surface area (Å²) in [6, 6.07) is 8.31. The van der Waals surface area contributed by atoms with Crippen LogP contribution >= 0.6 is 0 Å². The zero-order chi connectivity index (χ0) is 14.9. The first kappa shape index (κ1) is 15.9. The van der Waals surface area contributed by atoms with E-state index in [2.05, 4.69) is 29.6 Å². The largest absolute Gasteiger partial charge is 0.380 e. The Morgan fingerprint density at radius 3 is 2.57 bits per heavy atom. The van der Waals surface area contributed by atoms with Crippen LogP contribution < -0.4 is 5.32 Å². The van der Waals surface area contributed by atoms with Gasteiger partial charge in [-0.2, -0.15) is 0 Å². The summed E-state index contributed by atoms with van der Waals surface area (Å²) in [6.45, 7) is 4.89. The van der Waals surface area contributed by atoms with Gasteiger partial charge in [0.05, 0.1) is 19.8 Å². The lowest BCUT2D eigenvalue weighted by Gasteiger charge is -2.26. The highest BCUT2D eigenvalue weighted by Gasteiger charge is 2.15. The van der Waals surface area contributed by atoms with Crippen molar-refractivity contribution in [2.24, 2.45) is 0 Å². The molecule has 1 amide bonds. The quantitative estimate of drug-likeness (QED) is 0.767. The van der Waals surface area contributed by atoms with E-state index in [0.29, 0.717) is 32.8 Å². The number of hydrogen-bond donors (Lipinski definition) is 1. The van der Waals surface area contributed by atoms with Gasteiger partial charge < -0.3 is 19.7 Å². The number of carbonyl (C=O) groups is 1. The maximum absolute atomic E-state index is 11.9. The number of ether oxygens (including phenoxy) is 2. The first-order valence-electron chi connectivity index (χ1n) is 7.42. The Balaban J connectivity index is 1.63. The van der Waals surface area contributed by atoms with Crippen molar-refractivity contribution in [2.75, 3.05) is 40.0 Å². The van der Waals surface area contributed by atoms with Gasteiger partial charge in [-0.1, -0.05) is 24.3 Å². The Hall–Kier alpha value is -1.43. The van der Waals surface area contributed by atoms with E-state index in [1.165, 1.54) is 11.1 Å². The van der Waals surface area contributed by atoms with E-state index >= 15 is 0 Å². The normalized spacial score (nSPS) is 15.2. The predicted octanol–water partition coefficient (Wildman–Crippen LogP) is 1.17. The second-order valence-electron chi connectivity index (χ2n) is 5.17. The van der Waals surface area contributed by atoms with Gasteiger partial charge in [0.2, 0.25) is 5.91 Å². The highest BCUT2D eigenvalue weighted by molar-refractivity contribution is 5.76. The number of nitrogens with zero attached hydrogens (tertiary/aromatic N) is 1. The van der Waals surface area contributed by atoms with Crippen LogP contribution in [-0.2, 0) is 27.4 Å². The lowest BCUT2D eigenvalue weighted by Crippen LogP contribution is -2.41. The van der Waals surface area contributed by atoms with Gasteiger partial charge in [0.1, 0.15) is 0 Å². The number of nitrogens with one attached hydrogen (secondary N) is 1. The van der Waals surface area contributed by atoms with Crippen LogP contribution in [0.15, 0.2) is 24.3 Å². The summed E-state index contributed by atoms with van der Waals surface area (Å²) < 4.78 is 10.3. The Morgan fingerprint density at radius 1 is 1.24 bits per heavy atom. The standard InChI is InChI=1S/C16H24N2O3/c1-20-13-15-4-2-14(3-5-15)12-17-7-6-16(19)18-8-10-21-11-9-18/h2-5,17H,6-13H2,1H3. The molecule has 1 heterocycles. The van der Waals surface area contributed by atoms with Crippen molar-refractivity contribution in [1.29, 1.82) is 0 Å². The Bertz CT molecular complexity index is 428. The van der Waals surface area contributed by atoms with Gasteiger partial charge in [-0.15, -0.1) is 0 Å². The molecule has 5 heteroatoms. The molecule has 0 saturated carbocycles. The molecule has 1 aromatic carbocycles. The van der Waals surface area contributed by atoms with Crippen LogP contribution in [0, 0.1) is 0 Å². The minimum absolute atomic E-state index is 0.209. The number of methoxy groups -OCH3 is 1. The molecular weight excluding hydrogens is 268 g/mol. The third-order valence-corrected chi connectivity index (χ3v) is 3.54. The fourth-order valence-electron chi connectivity index (χ4n) is 2.32. The monoisotopic (exact) mass is 292 g/mol. The van der Waals surface area contributed by atoms with E-state index in [0.717, 1.165) is 19.6 Å². The maximum Gasteiger partial charge on any atom is 0.224 e. The number of rotatable bonds is 7. The number of benzene rings is 1. The van der Waals surface area contributed by atoms with Crippen molar-refractivity contribution in [1.82, 2.24) is 10.2 Å². The van der Waals surface area contributed by atoms with Crippen LogP contribution in [0.5, 0.6) is 0 Å². The van der Waals surface area contributed by atoms with E-state index in [4.69, 9.17) is 9.47 Å². The summed E-state index contributed by atoms with van der Waals surface area (Å²) in [6.07, 6.45) is 0.543. The molecule has 1 N–H and O–H groups in total. The molecule has 1 aliphatic rings. The first-order chi connectivity index (χ1) is 10.3. The average Bonchev–Trinajstić information content (AvgIpc) is 2.54. The van der Waals surface area contributed by atoms with Crippen molar-refractivity contribution in [3.05, 3.63) is 35.4 Å². The van der Waals surface area contributed by atoms with Gasteiger partial charge >= 0.3 is 0 Å². The minimum Gasteiger partial charge on any atom is -0.380 e. The van der Waals surface area contributed by atoms with Gasteiger partial charge in [-0.05, 0) is 11.1 Å². The summed E-state index contributed by atoms with van der Waals surface area (Å²) in [4.78, 5) is 13.8. The molecule has 5 nitrogen and oxygen atoms in total. The van der Waals surface area contributed by atoms with Crippen LogP contribution in [0.4, 0.5) is 0 Å². The molecule has 1 aliphatic heterocycles. The van der Waals surface area contributed by atoms with Crippen molar-refractivity contribution < 1.29 is 14.3 Å². The first-order valence-corrected chi connectivity index (χ1v) is 7.42. The second kappa shape index (κ2) is 8.77. The Morgan fingerprint density at radius 2 is 1.90 bits per heavy atom. The van der Waals surface area contributed by atoms with Gasteiger partial charge in [0.15, 0.2) is 0 Å². The highest BCUT2D eigenvalue weighted by atomic mass is 16.5. The molecule has 1 aromatic rings. The molecular formula is C16H24N2O3.